The molecule has 1 aliphatic carbocycles. The highest BCUT2D eigenvalue weighted by Gasteiger charge is 2.30. The van der Waals surface area contributed by atoms with Crippen LogP contribution >= 0.6 is 0 Å². The first-order valence-corrected chi connectivity index (χ1v) is 13.2. The average molecular weight is 488 g/mol. The van der Waals surface area contributed by atoms with Crippen LogP contribution in [-0.2, 0) is 27.7 Å². The van der Waals surface area contributed by atoms with Crippen LogP contribution in [0.1, 0.15) is 47.2 Å². The number of piperazine rings is 1. The van der Waals surface area contributed by atoms with Gasteiger partial charge in [0.05, 0.1) is 4.90 Å². The Kier molecular flexibility index (Phi) is 7.63. The summed E-state index contributed by atoms with van der Waals surface area (Å²) in [6.07, 6.45) is 4.90. The third-order valence-corrected chi connectivity index (χ3v) is 8.40. The normalized spacial score (nSPS) is 16.7. The highest BCUT2D eigenvalue weighted by molar-refractivity contribution is 7.89. The summed E-state index contributed by atoms with van der Waals surface area (Å²) in [5.74, 6) is -0.770. The molecule has 34 heavy (non-hydrogen) atoms. The summed E-state index contributed by atoms with van der Waals surface area (Å²) >= 11 is 0. The number of nitrogens with zero attached hydrogens (tertiary/aromatic N) is 2. The van der Waals surface area contributed by atoms with E-state index in [9.17, 15) is 22.4 Å². The quantitative estimate of drug-likeness (QED) is 0.609. The van der Waals surface area contributed by atoms with Crippen molar-refractivity contribution in [2.45, 2.75) is 43.4 Å². The molecule has 2 aromatic rings. The standard InChI is InChI=1S/C25H30FN3O4S/c26-22-10-7-20(8-11-22)25(31)27-13-3-6-24(30)28-14-16-29(17-15-28)34(32,33)23-12-9-19-4-1-2-5-21(19)18-23/h7-12,18H,1-6,13-17H2,(H,27,31). The lowest BCUT2D eigenvalue weighted by Crippen LogP contribution is -2.50. The van der Waals surface area contributed by atoms with Crippen LogP contribution in [0, 0.1) is 5.82 Å². The van der Waals surface area contributed by atoms with Crippen molar-refractivity contribution in [1.82, 2.24) is 14.5 Å². The lowest BCUT2D eigenvalue weighted by molar-refractivity contribution is -0.132. The first kappa shape index (κ1) is 24.3. The molecule has 1 fully saturated rings. The zero-order chi connectivity index (χ0) is 24.1. The molecule has 7 nitrogen and oxygen atoms in total. The van der Waals surface area contributed by atoms with E-state index in [2.05, 4.69) is 5.32 Å². The Hall–Kier alpha value is -2.78. The molecule has 2 amide bonds. The number of amides is 2. The van der Waals surface area contributed by atoms with Crippen molar-refractivity contribution in [3.63, 3.8) is 0 Å². The van der Waals surface area contributed by atoms with Crippen molar-refractivity contribution in [1.29, 1.82) is 0 Å². The Morgan fingerprint density at radius 2 is 1.59 bits per heavy atom. The van der Waals surface area contributed by atoms with Crippen LogP contribution in [0.3, 0.4) is 0 Å². The number of sulfonamides is 1. The second-order valence-electron chi connectivity index (χ2n) is 8.79. The molecule has 0 spiro atoms. The molecule has 0 unspecified atom stereocenters. The van der Waals surface area contributed by atoms with Crippen molar-refractivity contribution in [3.8, 4) is 0 Å². The van der Waals surface area contributed by atoms with Crippen LogP contribution in [0.4, 0.5) is 4.39 Å². The summed E-state index contributed by atoms with van der Waals surface area (Å²) in [7, 11) is -3.58. The molecule has 2 aliphatic rings. The number of aryl methyl sites for hydroxylation is 2. The maximum absolute atomic E-state index is 13.1. The van der Waals surface area contributed by atoms with E-state index >= 15 is 0 Å². The predicted octanol–water partition coefficient (Wildman–Crippen LogP) is 2.75. The number of carbonyl (C=O) groups excluding carboxylic acids is 2. The number of fused-ring (bicyclic) bond motifs is 1. The largest absolute Gasteiger partial charge is 0.352 e. The Bertz CT molecular complexity index is 1140. The maximum Gasteiger partial charge on any atom is 0.251 e. The van der Waals surface area contributed by atoms with Gasteiger partial charge in [-0.05, 0) is 79.6 Å². The van der Waals surface area contributed by atoms with E-state index in [0.29, 0.717) is 36.5 Å². The molecule has 1 heterocycles. The van der Waals surface area contributed by atoms with Gasteiger partial charge in [0.1, 0.15) is 5.82 Å². The number of carbonyl (C=O) groups is 2. The average Bonchev–Trinajstić information content (AvgIpc) is 2.86. The second-order valence-corrected chi connectivity index (χ2v) is 10.7. The van der Waals surface area contributed by atoms with Crippen molar-refractivity contribution in [2.24, 2.45) is 0 Å². The lowest BCUT2D eigenvalue weighted by Gasteiger charge is -2.34. The summed E-state index contributed by atoms with van der Waals surface area (Å²) in [6, 6.07) is 10.7. The van der Waals surface area contributed by atoms with Crippen molar-refractivity contribution < 1.29 is 22.4 Å². The molecule has 1 aliphatic heterocycles. The van der Waals surface area contributed by atoms with Gasteiger partial charge in [-0.3, -0.25) is 9.59 Å². The van der Waals surface area contributed by atoms with Crippen LogP contribution in [0.5, 0.6) is 0 Å². The highest BCUT2D eigenvalue weighted by atomic mass is 32.2. The first-order valence-electron chi connectivity index (χ1n) is 11.8. The van der Waals surface area contributed by atoms with Gasteiger partial charge in [-0.15, -0.1) is 0 Å². The SMILES string of the molecule is O=C(NCCCC(=O)N1CCN(S(=O)(=O)c2ccc3c(c2)CCCC3)CC1)c1ccc(F)cc1. The van der Waals surface area contributed by atoms with Crippen molar-refractivity contribution in [3.05, 3.63) is 65.0 Å². The third-order valence-electron chi connectivity index (χ3n) is 6.51. The van der Waals surface area contributed by atoms with Crippen LogP contribution in [-0.4, -0.2) is 62.2 Å². The van der Waals surface area contributed by atoms with Gasteiger partial charge in [-0.1, -0.05) is 6.07 Å². The zero-order valence-electron chi connectivity index (χ0n) is 19.1. The van der Waals surface area contributed by atoms with E-state index < -0.39 is 15.8 Å². The molecule has 0 saturated carbocycles. The van der Waals surface area contributed by atoms with E-state index in [1.54, 1.807) is 11.0 Å². The molecule has 182 valence electrons. The van der Waals surface area contributed by atoms with Gasteiger partial charge < -0.3 is 10.2 Å². The summed E-state index contributed by atoms with van der Waals surface area (Å²) in [6.45, 7) is 1.57. The Balaban J connectivity index is 1.22. The maximum atomic E-state index is 13.1. The van der Waals surface area contributed by atoms with Gasteiger partial charge in [0, 0.05) is 44.7 Å². The molecule has 0 radical (unpaired) electrons. The number of hydrogen-bond acceptors (Lipinski definition) is 4. The van der Waals surface area contributed by atoms with Gasteiger partial charge in [0.2, 0.25) is 15.9 Å². The zero-order valence-corrected chi connectivity index (χ0v) is 19.9. The number of hydrogen-bond donors (Lipinski definition) is 1. The lowest BCUT2D eigenvalue weighted by atomic mass is 9.92. The number of halogens is 1. The summed E-state index contributed by atoms with van der Waals surface area (Å²) in [5, 5.41) is 2.72. The van der Waals surface area contributed by atoms with Crippen LogP contribution in [0.15, 0.2) is 47.4 Å². The van der Waals surface area contributed by atoms with Crippen LogP contribution in [0.25, 0.3) is 0 Å². The van der Waals surface area contributed by atoms with Crippen LogP contribution < -0.4 is 5.32 Å². The minimum atomic E-state index is -3.58. The topological polar surface area (TPSA) is 86.8 Å². The molecular weight excluding hydrogens is 457 g/mol. The second kappa shape index (κ2) is 10.7. The Morgan fingerprint density at radius 1 is 0.912 bits per heavy atom. The molecule has 1 saturated heterocycles. The minimum absolute atomic E-state index is 0.0538. The van der Waals surface area contributed by atoms with Gasteiger partial charge in [-0.2, -0.15) is 4.31 Å². The van der Waals surface area contributed by atoms with E-state index in [1.807, 2.05) is 12.1 Å². The molecule has 0 aromatic heterocycles. The molecule has 0 bridgehead atoms. The van der Waals surface area contributed by atoms with Crippen molar-refractivity contribution >= 4 is 21.8 Å². The molecule has 1 N–H and O–H groups in total. The van der Waals surface area contributed by atoms with E-state index in [0.717, 1.165) is 31.2 Å². The third kappa shape index (κ3) is 5.64. The number of rotatable bonds is 7. The van der Waals surface area contributed by atoms with Gasteiger partial charge in [0.25, 0.3) is 5.91 Å². The van der Waals surface area contributed by atoms with Gasteiger partial charge >= 0.3 is 0 Å². The summed E-state index contributed by atoms with van der Waals surface area (Å²) in [5.41, 5.74) is 2.74. The Labute approximate surface area is 200 Å². The molecule has 0 atom stereocenters. The fourth-order valence-electron chi connectivity index (χ4n) is 4.50. The summed E-state index contributed by atoms with van der Waals surface area (Å²) < 4.78 is 40.7. The fourth-order valence-corrected chi connectivity index (χ4v) is 5.97. The molecule has 2 aromatic carbocycles. The summed E-state index contributed by atoms with van der Waals surface area (Å²) in [4.78, 5) is 26.6. The molecule has 4 rings (SSSR count). The van der Waals surface area contributed by atoms with E-state index in [4.69, 9.17) is 0 Å². The highest BCUT2D eigenvalue weighted by Crippen LogP contribution is 2.26. The van der Waals surface area contributed by atoms with E-state index in [1.165, 1.54) is 34.1 Å². The first-order chi connectivity index (χ1) is 16.3. The monoisotopic (exact) mass is 487 g/mol. The predicted molar refractivity (Wildman–Crippen MR) is 126 cm³/mol. The van der Waals surface area contributed by atoms with E-state index in [-0.39, 0.29) is 31.3 Å². The number of benzene rings is 2. The molecule has 9 heteroatoms. The van der Waals surface area contributed by atoms with Gasteiger partial charge in [0.15, 0.2) is 0 Å². The van der Waals surface area contributed by atoms with Crippen LogP contribution in [0.2, 0.25) is 0 Å². The fraction of sp³-hybridized carbons (Fsp3) is 0.440. The molecular formula is C25H30FN3O4S. The minimum Gasteiger partial charge on any atom is -0.352 e. The Morgan fingerprint density at radius 3 is 2.29 bits per heavy atom. The van der Waals surface area contributed by atoms with Crippen molar-refractivity contribution in [2.75, 3.05) is 32.7 Å². The van der Waals surface area contributed by atoms with Gasteiger partial charge in [-0.25, -0.2) is 12.8 Å². The smallest absolute Gasteiger partial charge is 0.251 e. The number of nitrogens with one attached hydrogen (secondary N) is 1.